The zero-order chi connectivity index (χ0) is 33.5. The molecule has 11 aromatic rings. The lowest BCUT2D eigenvalue weighted by Crippen LogP contribution is -1.99. The summed E-state index contributed by atoms with van der Waals surface area (Å²) in [6.45, 7) is 0. The molecule has 4 heterocycles. The lowest BCUT2D eigenvalue weighted by molar-refractivity contribution is 1.15. The van der Waals surface area contributed by atoms with Crippen molar-refractivity contribution in [2.24, 2.45) is 0 Å². The van der Waals surface area contributed by atoms with E-state index in [0.717, 1.165) is 44.2 Å². The van der Waals surface area contributed by atoms with Crippen LogP contribution in [-0.2, 0) is 0 Å². The molecule has 0 radical (unpaired) electrons. The van der Waals surface area contributed by atoms with Crippen molar-refractivity contribution in [1.82, 2.24) is 19.1 Å². The summed E-state index contributed by atoms with van der Waals surface area (Å²) in [5.41, 5.74) is 10.1. The topological polar surface area (TPSA) is 35.6 Å². The lowest BCUT2D eigenvalue weighted by atomic mass is 10.0. The minimum atomic E-state index is 0.743. The highest BCUT2D eigenvalue weighted by atomic mass is 32.1. The third kappa shape index (κ3) is 4.19. The number of hydrogen-bond acceptors (Lipinski definition) is 3. The van der Waals surface area contributed by atoms with Gasteiger partial charge in [0.05, 0.1) is 27.8 Å². The second-order valence-corrected chi connectivity index (χ2v) is 14.0. The SMILES string of the molecule is c1ccc(-c2nc(-c3ccc(-n4c5ccccc5c5ccc6c7ccccc7n(-c7ccccc7)c6c54)cc3)c3c(n2)sc2ccccc23)cc1. The predicted octanol–water partition coefficient (Wildman–Crippen LogP) is 12.4. The van der Waals surface area contributed by atoms with E-state index in [-0.39, 0.29) is 0 Å². The molecule has 0 saturated carbocycles. The van der Waals surface area contributed by atoms with Gasteiger partial charge in [-0.3, -0.25) is 0 Å². The molecule has 7 aromatic carbocycles. The molecular weight excluding hydrogens is 641 g/mol. The summed E-state index contributed by atoms with van der Waals surface area (Å²) >= 11 is 1.73. The normalized spacial score (nSPS) is 11.9. The van der Waals surface area contributed by atoms with Crippen LogP contribution in [0.1, 0.15) is 0 Å². The Balaban J connectivity index is 1.19. The van der Waals surface area contributed by atoms with E-state index in [0.29, 0.717) is 0 Å². The van der Waals surface area contributed by atoms with E-state index in [2.05, 4.69) is 161 Å². The number of para-hydroxylation sites is 3. The molecular formula is C46H28N4S. The first-order valence-corrected chi connectivity index (χ1v) is 18.0. The van der Waals surface area contributed by atoms with Crippen molar-refractivity contribution in [2.75, 3.05) is 0 Å². The first-order chi connectivity index (χ1) is 25.3. The predicted molar refractivity (Wildman–Crippen MR) is 214 cm³/mol. The Hall–Kier alpha value is -6.56. The highest BCUT2D eigenvalue weighted by Crippen LogP contribution is 2.43. The van der Waals surface area contributed by atoms with Crippen LogP contribution in [0.25, 0.3) is 97.9 Å². The number of hydrogen-bond donors (Lipinski definition) is 0. The van der Waals surface area contributed by atoms with Crippen LogP contribution in [0.3, 0.4) is 0 Å². The van der Waals surface area contributed by atoms with E-state index in [9.17, 15) is 0 Å². The zero-order valence-corrected chi connectivity index (χ0v) is 28.2. The maximum Gasteiger partial charge on any atom is 0.161 e. The summed E-state index contributed by atoms with van der Waals surface area (Å²) in [6.07, 6.45) is 0. The Kier molecular flexibility index (Phi) is 6.09. The van der Waals surface area contributed by atoms with Crippen LogP contribution in [0.2, 0.25) is 0 Å². The minimum Gasteiger partial charge on any atom is -0.307 e. The maximum atomic E-state index is 5.25. The molecule has 0 bridgehead atoms. The summed E-state index contributed by atoms with van der Waals surface area (Å²) in [7, 11) is 0. The minimum absolute atomic E-state index is 0.743. The van der Waals surface area contributed by atoms with Crippen LogP contribution in [-0.4, -0.2) is 19.1 Å². The number of thiophene rings is 1. The molecule has 0 spiro atoms. The third-order valence-corrected chi connectivity index (χ3v) is 11.2. The zero-order valence-electron chi connectivity index (χ0n) is 27.4. The van der Waals surface area contributed by atoms with Crippen LogP contribution < -0.4 is 0 Å². The van der Waals surface area contributed by atoms with Gasteiger partial charge in [0.15, 0.2) is 5.82 Å². The molecule has 0 atom stereocenters. The summed E-state index contributed by atoms with van der Waals surface area (Å²) < 4.78 is 6.09. The van der Waals surface area contributed by atoms with Crippen LogP contribution in [0.15, 0.2) is 170 Å². The highest BCUT2D eigenvalue weighted by molar-refractivity contribution is 7.25. The Morgan fingerprint density at radius 1 is 0.392 bits per heavy atom. The average molecular weight is 669 g/mol. The van der Waals surface area contributed by atoms with E-state index in [1.807, 2.05) is 18.2 Å². The van der Waals surface area contributed by atoms with Crippen molar-refractivity contribution < 1.29 is 0 Å². The van der Waals surface area contributed by atoms with Gasteiger partial charge >= 0.3 is 0 Å². The van der Waals surface area contributed by atoms with Crippen LogP contribution >= 0.6 is 11.3 Å². The smallest absolute Gasteiger partial charge is 0.161 e. The van der Waals surface area contributed by atoms with Gasteiger partial charge < -0.3 is 9.13 Å². The van der Waals surface area contributed by atoms with Crippen molar-refractivity contribution in [2.45, 2.75) is 0 Å². The van der Waals surface area contributed by atoms with Crippen molar-refractivity contribution in [1.29, 1.82) is 0 Å². The van der Waals surface area contributed by atoms with Crippen molar-refractivity contribution in [3.8, 4) is 34.0 Å². The number of fused-ring (bicyclic) bond motifs is 10. The summed E-state index contributed by atoms with van der Waals surface area (Å²) in [5, 5.41) is 7.25. The maximum absolute atomic E-state index is 5.25. The van der Waals surface area contributed by atoms with Crippen molar-refractivity contribution in [3.05, 3.63) is 170 Å². The molecule has 5 heteroatoms. The molecule has 0 N–H and O–H groups in total. The Morgan fingerprint density at radius 3 is 1.57 bits per heavy atom. The van der Waals surface area contributed by atoms with E-state index in [1.54, 1.807) is 11.3 Å². The molecule has 0 aliphatic heterocycles. The van der Waals surface area contributed by atoms with Gasteiger partial charge in [-0.25, -0.2) is 9.97 Å². The average Bonchev–Trinajstić information content (AvgIpc) is 3.86. The van der Waals surface area contributed by atoms with Crippen molar-refractivity contribution >= 4 is 75.3 Å². The molecule has 4 nitrogen and oxygen atoms in total. The van der Waals surface area contributed by atoms with Gasteiger partial charge in [-0.2, -0.15) is 0 Å². The molecule has 238 valence electrons. The van der Waals surface area contributed by atoms with Crippen molar-refractivity contribution in [3.63, 3.8) is 0 Å². The quantitative estimate of drug-likeness (QED) is 0.187. The second kappa shape index (κ2) is 11.0. The Bertz CT molecular complexity index is 3120. The largest absolute Gasteiger partial charge is 0.307 e. The van der Waals surface area contributed by atoms with E-state index < -0.39 is 0 Å². The van der Waals surface area contributed by atoms with Crippen LogP contribution in [0.4, 0.5) is 0 Å². The Labute approximate surface area is 297 Å². The summed E-state index contributed by atoms with van der Waals surface area (Å²) in [6, 6.07) is 60.6. The van der Waals surface area contributed by atoms with E-state index in [4.69, 9.17) is 9.97 Å². The van der Waals surface area contributed by atoms with Gasteiger partial charge in [0.2, 0.25) is 0 Å². The van der Waals surface area contributed by atoms with Gasteiger partial charge in [0.1, 0.15) is 4.83 Å². The summed E-state index contributed by atoms with van der Waals surface area (Å²) in [5.74, 6) is 0.743. The first-order valence-electron chi connectivity index (χ1n) is 17.2. The fourth-order valence-electron chi connectivity index (χ4n) is 7.93. The van der Waals surface area contributed by atoms with Gasteiger partial charge in [-0.15, -0.1) is 11.3 Å². The molecule has 0 amide bonds. The number of benzene rings is 7. The van der Waals surface area contributed by atoms with Gasteiger partial charge in [0, 0.05) is 59.5 Å². The number of aromatic nitrogens is 4. The molecule has 11 rings (SSSR count). The standard InChI is InChI=1S/C46H28N4S/c1-3-13-30(14-4-1)45-47-42(41-37-19-9-12-22-40(37)51-46(41)48-45)29-23-25-32(26-24-29)50-39-21-11-8-18-34(39)36-28-27-35-33-17-7-10-20-38(33)49(43(35)44(36)50)31-15-5-2-6-16-31/h1-28H. The van der Waals surface area contributed by atoms with Gasteiger partial charge in [-0.1, -0.05) is 127 Å². The molecule has 4 aromatic heterocycles. The third-order valence-electron chi connectivity index (χ3n) is 10.2. The Morgan fingerprint density at radius 2 is 0.922 bits per heavy atom. The molecule has 0 aliphatic rings. The monoisotopic (exact) mass is 668 g/mol. The number of rotatable bonds is 4. The summed E-state index contributed by atoms with van der Waals surface area (Å²) in [4.78, 5) is 11.3. The number of nitrogens with zero attached hydrogens (tertiary/aromatic N) is 4. The van der Waals surface area contributed by atoms with Gasteiger partial charge in [-0.05, 0) is 42.5 Å². The highest BCUT2D eigenvalue weighted by Gasteiger charge is 2.22. The fraction of sp³-hybridized carbons (Fsp3) is 0. The van der Waals surface area contributed by atoms with Crippen LogP contribution in [0, 0.1) is 0 Å². The van der Waals surface area contributed by atoms with E-state index >= 15 is 0 Å². The molecule has 51 heavy (non-hydrogen) atoms. The fourth-order valence-corrected chi connectivity index (χ4v) is 9.01. The second-order valence-electron chi connectivity index (χ2n) is 13.0. The van der Waals surface area contributed by atoms with E-state index in [1.165, 1.54) is 53.7 Å². The lowest BCUT2D eigenvalue weighted by Gasteiger charge is -2.13. The molecule has 0 saturated heterocycles. The molecule has 0 aliphatic carbocycles. The molecule has 0 unspecified atom stereocenters. The van der Waals surface area contributed by atoms with Crippen LogP contribution in [0.5, 0.6) is 0 Å². The first kappa shape index (κ1) is 28.3. The molecule has 0 fully saturated rings. The van der Waals surface area contributed by atoms with Gasteiger partial charge in [0.25, 0.3) is 0 Å².